The fourth-order valence-electron chi connectivity index (χ4n) is 1.05. The zero-order chi connectivity index (χ0) is 9.84. The monoisotopic (exact) mass is 263 g/mol. The van der Waals surface area contributed by atoms with Crippen molar-refractivity contribution in [3.05, 3.63) is 33.3 Å². The zero-order valence-corrected chi connectivity index (χ0v) is 9.35. The van der Waals surface area contributed by atoms with Crippen molar-refractivity contribution in [2.24, 2.45) is 5.73 Å². The molecule has 0 bridgehead atoms. The zero-order valence-electron chi connectivity index (χ0n) is 7.00. The highest BCUT2D eigenvalue weighted by molar-refractivity contribution is 9.10. The summed E-state index contributed by atoms with van der Waals surface area (Å²) in [4.78, 5) is 0. The summed E-state index contributed by atoms with van der Waals surface area (Å²) >= 11 is 9.32. The minimum Gasteiger partial charge on any atom is -0.391 e. The van der Waals surface area contributed by atoms with Gasteiger partial charge in [0.05, 0.1) is 6.10 Å². The lowest BCUT2D eigenvalue weighted by Gasteiger charge is -2.10. The lowest BCUT2D eigenvalue weighted by molar-refractivity contribution is 0.183. The summed E-state index contributed by atoms with van der Waals surface area (Å²) in [5.74, 6) is 0. The van der Waals surface area contributed by atoms with Crippen molar-refractivity contribution in [2.45, 2.75) is 12.5 Å². The molecule has 0 aliphatic heterocycles. The van der Waals surface area contributed by atoms with Crippen molar-refractivity contribution in [1.82, 2.24) is 0 Å². The van der Waals surface area contributed by atoms with Crippen molar-refractivity contribution in [2.75, 3.05) is 6.54 Å². The number of hydrogen-bond donors (Lipinski definition) is 2. The number of benzene rings is 1. The van der Waals surface area contributed by atoms with Gasteiger partial charge in [-0.2, -0.15) is 0 Å². The Morgan fingerprint density at radius 1 is 1.54 bits per heavy atom. The molecule has 1 aromatic carbocycles. The van der Waals surface area contributed by atoms with Crippen LogP contribution in [0.25, 0.3) is 0 Å². The fourth-order valence-corrected chi connectivity index (χ4v) is 1.94. The summed E-state index contributed by atoms with van der Waals surface area (Å²) in [7, 11) is 0. The summed E-state index contributed by atoms with van der Waals surface area (Å²) in [6.45, 7) is 0.248. The van der Waals surface area contributed by atoms with Crippen LogP contribution < -0.4 is 5.73 Å². The van der Waals surface area contributed by atoms with Gasteiger partial charge in [-0.1, -0.05) is 33.6 Å². The van der Waals surface area contributed by atoms with E-state index in [2.05, 4.69) is 15.9 Å². The van der Waals surface area contributed by atoms with Gasteiger partial charge in [-0.05, 0) is 17.7 Å². The van der Waals surface area contributed by atoms with Gasteiger partial charge in [-0.15, -0.1) is 0 Å². The van der Waals surface area contributed by atoms with Gasteiger partial charge in [-0.25, -0.2) is 0 Å². The van der Waals surface area contributed by atoms with Crippen molar-refractivity contribution < 1.29 is 5.11 Å². The van der Waals surface area contributed by atoms with E-state index in [1.165, 1.54) is 0 Å². The van der Waals surface area contributed by atoms with Crippen LogP contribution in [0.15, 0.2) is 22.7 Å². The van der Waals surface area contributed by atoms with Crippen LogP contribution in [-0.4, -0.2) is 17.8 Å². The van der Waals surface area contributed by atoms with Crippen LogP contribution in [0.3, 0.4) is 0 Å². The SMILES string of the molecule is NCC(O)Cc1c(Cl)cccc1Br. The Hall–Kier alpha value is -0.0900. The maximum absolute atomic E-state index is 9.36. The quantitative estimate of drug-likeness (QED) is 0.877. The van der Waals surface area contributed by atoms with Crippen LogP contribution in [0, 0.1) is 0 Å². The average Bonchev–Trinajstić information content (AvgIpc) is 2.11. The minimum absolute atomic E-state index is 0.248. The van der Waals surface area contributed by atoms with Crippen LogP contribution in [0.2, 0.25) is 5.02 Å². The molecule has 13 heavy (non-hydrogen) atoms. The van der Waals surface area contributed by atoms with E-state index >= 15 is 0 Å². The second-order valence-electron chi connectivity index (χ2n) is 2.79. The van der Waals surface area contributed by atoms with Gasteiger partial charge in [0.15, 0.2) is 0 Å². The molecule has 0 aliphatic carbocycles. The number of aliphatic hydroxyl groups excluding tert-OH is 1. The summed E-state index contributed by atoms with van der Waals surface area (Å²) in [5, 5.41) is 10.0. The molecule has 3 N–H and O–H groups in total. The van der Waals surface area contributed by atoms with E-state index in [-0.39, 0.29) is 6.54 Å². The van der Waals surface area contributed by atoms with E-state index in [9.17, 15) is 5.11 Å². The number of halogens is 2. The Morgan fingerprint density at radius 3 is 2.77 bits per heavy atom. The number of aliphatic hydroxyl groups is 1. The molecule has 4 heteroatoms. The number of rotatable bonds is 3. The van der Waals surface area contributed by atoms with Gasteiger partial charge in [0.25, 0.3) is 0 Å². The van der Waals surface area contributed by atoms with Crippen LogP contribution in [0.4, 0.5) is 0 Å². The molecule has 0 aliphatic rings. The van der Waals surface area contributed by atoms with E-state index in [0.29, 0.717) is 11.4 Å². The highest BCUT2D eigenvalue weighted by Gasteiger charge is 2.09. The maximum atomic E-state index is 9.36. The molecule has 1 aromatic rings. The van der Waals surface area contributed by atoms with Gasteiger partial charge in [0.2, 0.25) is 0 Å². The molecule has 0 saturated heterocycles. The highest BCUT2D eigenvalue weighted by atomic mass is 79.9. The summed E-state index contributed by atoms with van der Waals surface area (Å²) < 4.78 is 0.910. The molecule has 72 valence electrons. The largest absolute Gasteiger partial charge is 0.391 e. The smallest absolute Gasteiger partial charge is 0.0703 e. The van der Waals surface area contributed by atoms with Crippen LogP contribution in [0.5, 0.6) is 0 Å². The van der Waals surface area contributed by atoms with Gasteiger partial charge < -0.3 is 10.8 Å². The molecule has 1 atom stereocenters. The summed E-state index contributed by atoms with van der Waals surface area (Å²) in [5.41, 5.74) is 6.22. The second-order valence-corrected chi connectivity index (χ2v) is 4.06. The molecule has 0 heterocycles. The highest BCUT2D eigenvalue weighted by Crippen LogP contribution is 2.25. The second kappa shape index (κ2) is 4.96. The first-order chi connectivity index (χ1) is 6.15. The van der Waals surface area contributed by atoms with Gasteiger partial charge in [0.1, 0.15) is 0 Å². The van der Waals surface area contributed by atoms with Crippen LogP contribution in [0.1, 0.15) is 5.56 Å². The van der Waals surface area contributed by atoms with Crippen LogP contribution in [-0.2, 0) is 6.42 Å². The van der Waals surface area contributed by atoms with Gasteiger partial charge in [0, 0.05) is 22.5 Å². The van der Waals surface area contributed by atoms with E-state index in [0.717, 1.165) is 10.0 Å². The lowest BCUT2D eigenvalue weighted by atomic mass is 10.1. The predicted molar refractivity (Wildman–Crippen MR) is 57.9 cm³/mol. The molecule has 2 nitrogen and oxygen atoms in total. The topological polar surface area (TPSA) is 46.2 Å². The van der Waals surface area contributed by atoms with Crippen LogP contribution >= 0.6 is 27.5 Å². The average molecular weight is 265 g/mol. The standard InChI is InChI=1S/C9H11BrClNO/c10-8-2-1-3-9(11)7(8)4-6(13)5-12/h1-3,6,13H,4-5,12H2. The normalized spacial score (nSPS) is 12.9. The van der Waals surface area contributed by atoms with E-state index in [1.54, 1.807) is 6.07 Å². The summed E-state index contributed by atoms with van der Waals surface area (Å²) in [6.07, 6.45) is -0.0484. The Balaban J connectivity index is 2.87. The Labute approximate surface area is 90.8 Å². The molecule has 0 fully saturated rings. The molecule has 0 amide bonds. The van der Waals surface area contributed by atoms with Crippen molar-refractivity contribution in [3.63, 3.8) is 0 Å². The van der Waals surface area contributed by atoms with Crippen molar-refractivity contribution >= 4 is 27.5 Å². The van der Waals surface area contributed by atoms with E-state index in [4.69, 9.17) is 17.3 Å². The minimum atomic E-state index is -0.531. The molecule has 1 unspecified atom stereocenters. The summed E-state index contributed by atoms with van der Waals surface area (Å²) in [6, 6.07) is 5.54. The van der Waals surface area contributed by atoms with Gasteiger partial charge >= 0.3 is 0 Å². The first-order valence-corrected chi connectivity index (χ1v) is 5.13. The van der Waals surface area contributed by atoms with Crippen molar-refractivity contribution in [3.8, 4) is 0 Å². The fraction of sp³-hybridized carbons (Fsp3) is 0.333. The molecule has 0 saturated carbocycles. The third-order valence-electron chi connectivity index (χ3n) is 1.77. The Kier molecular flexibility index (Phi) is 4.19. The molecular weight excluding hydrogens is 253 g/mol. The molecular formula is C9H11BrClNO. The van der Waals surface area contributed by atoms with Crippen molar-refractivity contribution in [1.29, 1.82) is 0 Å². The lowest BCUT2D eigenvalue weighted by Crippen LogP contribution is -2.22. The number of hydrogen-bond acceptors (Lipinski definition) is 2. The molecule has 0 aromatic heterocycles. The van der Waals surface area contributed by atoms with E-state index in [1.807, 2.05) is 12.1 Å². The number of nitrogens with two attached hydrogens (primary N) is 1. The molecule has 1 rings (SSSR count). The Bertz CT molecular complexity index is 273. The first-order valence-electron chi connectivity index (χ1n) is 3.96. The third-order valence-corrected chi connectivity index (χ3v) is 2.87. The third kappa shape index (κ3) is 2.95. The maximum Gasteiger partial charge on any atom is 0.0703 e. The van der Waals surface area contributed by atoms with Gasteiger partial charge in [-0.3, -0.25) is 0 Å². The molecule has 0 spiro atoms. The first kappa shape index (κ1) is 11.0. The van der Waals surface area contributed by atoms with E-state index < -0.39 is 6.10 Å². The predicted octanol–water partition coefficient (Wildman–Crippen LogP) is 1.96. The Morgan fingerprint density at radius 2 is 2.23 bits per heavy atom. The molecule has 0 radical (unpaired) electrons.